The zero-order valence-corrected chi connectivity index (χ0v) is 19.1. The Kier molecular flexibility index (Phi) is 4.89. The number of carbonyl (C=O) groups excluding carboxylic acids is 1. The van der Waals surface area contributed by atoms with Crippen molar-refractivity contribution in [1.82, 2.24) is 5.32 Å². The first kappa shape index (κ1) is 20.6. The maximum Gasteiger partial charge on any atom is 0.251 e. The van der Waals surface area contributed by atoms with Crippen molar-refractivity contribution in [2.75, 3.05) is 25.6 Å². The highest BCUT2D eigenvalue weighted by molar-refractivity contribution is 5.95. The molecule has 1 heterocycles. The van der Waals surface area contributed by atoms with Gasteiger partial charge in [0.25, 0.3) is 5.91 Å². The van der Waals surface area contributed by atoms with Crippen LogP contribution in [0.5, 0.6) is 0 Å². The van der Waals surface area contributed by atoms with E-state index in [1.807, 2.05) is 38.4 Å². The molecule has 3 aliphatic rings. The minimum atomic E-state index is 0.0480. The predicted molar refractivity (Wildman–Crippen MR) is 124 cm³/mol. The zero-order valence-electron chi connectivity index (χ0n) is 19.1. The highest BCUT2D eigenvalue weighted by atomic mass is 16.5. The lowest BCUT2D eigenvalue weighted by molar-refractivity contribution is -0.120. The molecule has 2 bridgehead atoms. The van der Waals surface area contributed by atoms with Crippen molar-refractivity contribution in [3.63, 3.8) is 0 Å². The van der Waals surface area contributed by atoms with Gasteiger partial charge >= 0.3 is 0 Å². The SMILES string of the molecule is CN(C)c1ccc(C(=O)N[C@H]2C(C)(C)[C@@H]3C[C@@H]4[C@@H](c5ccccc5)OCCC42C3)cc1. The summed E-state index contributed by atoms with van der Waals surface area (Å²) in [6.45, 7) is 5.48. The summed E-state index contributed by atoms with van der Waals surface area (Å²) in [6.07, 6.45) is 3.55. The fraction of sp³-hybridized carbons (Fsp3) is 0.519. The van der Waals surface area contributed by atoms with Gasteiger partial charge in [-0.25, -0.2) is 0 Å². The number of carbonyl (C=O) groups is 1. The van der Waals surface area contributed by atoms with E-state index in [2.05, 4.69) is 54.4 Å². The summed E-state index contributed by atoms with van der Waals surface area (Å²) in [4.78, 5) is 15.4. The van der Waals surface area contributed by atoms with Gasteiger partial charge in [-0.3, -0.25) is 4.79 Å². The molecular weight excluding hydrogens is 384 g/mol. The molecule has 2 aromatic carbocycles. The average molecular weight is 419 g/mol. The standard InChI is InChI=1S/C27H34N2O2/c1-26(2)20-16-22-23(18-8-6-5-7-9-18)31-15-14-27(22,17-20)25(26)28-24(30)19-10-12-21(13-11-19)29(3)4/h5-13,20,22-23,25H,14-17H2,1-4H3,(H,28,30)/t20-,22-,23-,25+,27?/m1/s1. The number of nitrogens with zero attached hydrogens (tertiary/aromatic N) is 1. The molecule has 0 radical (unpaired) electrons. The third-order valence-electron chi connectivity index (χ3n) is 8.55. The lowest BCUT2D eigenvalue weighted by Gasteiger charge is -2.53. The van der Waals surface area contributed by atoms with Gasteiger partial charge in [-0.2, -0.15) is 0 Å². The fourth-order valence-electron chi connectivity index (χ4n) is 6.89. The third-order valence-corrected chi connectivity index (χ3v) is 8.55. The Balaban J connectivity index is 1.43. The number of fused-ring (bicyclic) bond motifs is 1. The maximum absolute atomic E-state index is 13.3. The van der Waals surface area contributed by atoms with Gasteiger partial charge in [-0.05, 0) is 71.8 Å². The summed E-state index contributed by atoms with van der Waals surface area (Å²) in [5.41, 5.74) is 3.33. The maximum atomic E-state index is 13.3. The van der Waals surface area contributed by atoms with Crippen LogP contribution in [0, 0.1) is 22.7 Å². The molecule has 1 amide bonds. The quantitative estimate of drug-likeness (QED) is 0.754. The molecule has 1 unspecified atom stereocenters. The van der Waals surface area contributed by atoms with Gasteiger partial charge in [0, 0.05) is 38.0 Å². The van der Waals surface area contributed by atoms with Crippen LogP contribution in [0.2, 0.25) is 0 Å². The van der Waals surface area contributed by atoms with Crippen LogP contribution in [-0.4, -0.2) is 32.7 Å². The van der Waals surface area contributed by atoms with Crippen LogP contribution in [0.25, 0.3) is 0 Å². The summed E-state index contributed by atoms with van der Waals surface area (Å²) in [6, 6.07) is 18.7. The van der Waals surface area contributed by atoms with E-state index in [1.54, 1.807) is 0 Å². The van der Waals surface area contributed by atoms with Crippen molar-refractivity contribution in [3.8, 4) is 0 Å². The molecule has 1 N–H and O–H groups in total. The minimum Gasteiger partial charge on any atom is -0.378 e. The Labute approximate surface area is 186 Å². The van der Waals surface area contributed by atoms with Crippen molar-refractivity contribution in [2.45, 2.75) is 45.3 Å². The van der Waals surface area contributed by atoms with Gasteiger partial charge in [0.15, 0.2) is 0 Å². The Morgan fingerprint density at radius 3 is 2.45 bits per heavy atom. The summed E-state index contributed by atoms with van der Waals surface area (Å²) >= 11 is 0. The van der Waals surface area contributed by atoms with Crippen LogP contribution in [-0.2, 0) is 4.74 Å². The molecule has 3 fully saturated rings. The molecule has 5 atom stereocenters. The number of benzene rings is 2. The van der Waals surface area contributed by atoms with E-state index >= 15 is 0 Å². The molecule has 1 aliphatic heterocycles. The van der Waals surface area contributed by atoms with Crippen LogP contribution < -0.4 is 10.2 Å². The van der Waals surface area contributed by atoms with Crippen molar-refractivity contribution < 1.29 is 9.53 Å². The Morgan fingerprint density at radius 2 is 1.77 bits per heavy atom. The second kappa shape index (κ2) is 7.37. The van der Waals surface area contributed by atoms with E-state index in [0.29, 0.717) is 11.8 Å². The monoisotopic (exact) mass is 418 g/mol. The number of hydrogen-bond donors (Lipinski definition) is 1. The van der Waals surface area contributed by atoms with E-state index in [-0.39, 0.29) is 28.9 Å². The number of rotatable bonds is 4. The molecule has 1 spiro atoms. The first-order valence-electron chi connectivity index (χ1n) is 11.6. The lowest BCUT2D eigenvalue weighted by atomic mass is 9.59. The van der Waals surface area contributed by atoms with Gasteiger partial charge in [-0.15, -0.1) is 0 Å². The number of amides is 1. The largest absolute Gasteiger partial charge is 0.378 e. The van der Waals surface area contributed by atoms with Crippen LogP contribution in [0.15, 0.2) is 54.6 Å². The number of anilines is 1. The van der Waals surface area contributed by atoms with Crippen LogP contribution in [0.3, 0.4) is 0 Å². The second-order valence-electron chi connectivity index (χ2n) is 10.6. The smallest absolute Gasteiger partial charge is 0.251 e. The molecule has 4 nitrogen and oxygen atoms in total. The molecule has 5 rings (SSSR count). The Hall–Kier alpha value is -2.33. The molecule has 1 saturated heterocycles. The molecular formula is C27H34N2O2. The van der Waals surface area contributed by atoms with Gasteiger partial charge in [0.2, 0.25) is 0 Å². The lowest BCUT2D eigenvalue weighted by Crippen LogP contribution is -2.58. The summed E-state index contributed by atoms with van der Waals surface area (Å²) < 4.78 is 6.35. The molecule has 2 saturated carbocycles. The van der Waals surface area contributed by atoms with Crippen LogP contribution in [0.1, 0.15) is 55.1 Å². The van der Waals surface area contributed by atoms with Gasteiger partial charge < -0.3 is 15.0 Å². The summed E-state index contributed by atoms with van der Waals surface area (Å²) in [7, 11) is 4.03. The molecule has 164 valence electrons. The highest BCUT2D eigenvalue weighted by Crippen LogP contribution is 2.70. The van der Waals surface area contributed by atoms with Crippen molar-refractivity contribution in [1.29, 1.82) is 0 Å². The number of ether oxygens (including phenoxy) is 1. The van der Waals surface area contributed by atoms with Crippen LogP contribution in [0.4, 0.5) is 5.69 Å². The third kappa shape index (κ3) is 3.18. The highest BCUT2D eigenvalue weighted by Gasteiger charge is 2.68. The summed E-state index contributed by atoms with van der Waals surface area (Å²) in [5.74, 6) is 1.13. The fourth-order valence-corrected chi connectivity index (χ4v) is 6.89. The molecule has 31 heavy (non-hydrogen) atoms. The minimum absolute atomic E-state index is 0.0480. The topological polar surface area (TPSA) is 41.6 Å². The number of hydrogen-bond acceptors (Lipinski definition) is 3. The van der Waals surface area contributed by atoms with Crippen molar-refractivity contribution in [2.24, 2.45) is 22.7 Å². The van der Waals surface area contributed by atoms with Crippen molar-refractivity contribution in [3.05, 3.63) is 65.7 Å². The van der Waals surface area contributed by atoms with E-state index in [0.717, 1.165) is 24.3 Å². The Morgan fingerprint density at radius 1 is 1.06 bits per heavy atom. The Bertz CT molecular complexity index is 953. The number of nitrogens with one attached hydrogen (secondary N) is 1. The molecule has 0 aromatic heterocycles. The molecule has 4 heteroatoms. The first-order valence-corrected chi connectivity index (χ1v) is 11.6. The van der Waals surface area contributed by atoms with Gasteiger partial charge in [0.05, 0.1) is 6.10 Å². The molecule has 2 aliphatic carbocycles. The molecule has 2 aromatic rings. The second-order valence-corrected chi connectivity index (χ2v) is 10.6. The van der Waals surface area contributed by atoms with E-state index in [9.17, 15) is 4.79 Å². The van der Waals surface area contributed by atoms with E-state index in [4.69, 9.17) is 4.74 Å². The normalized spacial score (nSPS) is 33.0. The zero-order chi connectivity index (χ0) is 21.8. The van der Waals surface area contributed by atoms with Crippen LogP contribution >= 0.6 is 0 Å². The van der Waals surface area contributed by atoms with E-state index in [1.165, 1.54) is 18.4 Å². The van der Waals surface area contributed by atoms with Gasteiger partial charge in [-0.1, -0.05) is 44.2 Å². The average Bonchev–Trinajstić information content (AvgIpc) is 3.26. The van der Waals surface area contributed by atoms with Gasteiger partial charge in [0.1, 0.15) is 0 Å². The predicted octanol–water partition coefficient (Wildman–Crippen LogP) is 5.07. The first-order chi connectivity index (χ1) is 14.8. The summed E-state index contributed by atoms with van der Waals surface area (Å²) in [5, 5.41) is 3.52. The van der Waals surface area contributed by atoms with Crippen molar-refractivity contribution >= 4 is 11.6 Å². The van der Waals surface area contributed by atoms with E-state index < -0.39 is 0 Å².